The lowest BCUT2D eigenvalue weighted by Gasteiger charge is -2.12. The summed E-state index contributed by atoms with van der Waals surface area (Å²) in [5.74, 6) is -1.38. The van der Waals surface area contributed by atoms with E-state index in [2.05, 4.69) is 10.1 Å². The zero-order valence-corrected chi connectivity index (χ0v) is 18.1. The molecule has 0 aliphatic heterocycles. The zero-order chi connectivity index (χ0) is 24.2. The van der Waals surface area contributed by atoms with E-state index in [0.717, 1.165) is 16.8 Å². The van der Waals surface area contributed by atoms with Gasteiger partial charge in [-0.3, -0.25) is 4.79 Å². The molecule has 1 N–H and O–H groups in total. The van der Waals surface area contributed by atoms with E-state index in [4.69, 9.17) is 18.6 Å². The van der Waals surface area contributed by atoms with Gasteiger partial charge in [0.25, 0.3) is 5.91 Å². The summed E-state index contributed by atoms with van der Waals surface area (Å²) < 4.78 is 50.4. The van der Waals surface area contributed by atoms with Crippen molar-refractivity contribution in [2.45, 2.75) is 6.61 Å². The van der Waals surface area contributed by atoms with Crippen LogP contribution in [0, 0.1) is 0 Å². The van der Waals surface area contributed by atoms with E-state index in [-0.39, 0.29) is 17.1 Å². The second kappa shape index (κ2) is 9.65. The molecule has 0 aliphatic carbocycles. The van der Waals surface area contributed by atoms with Crippen molar-refractivity contribution in [3.63, 3.8) is 0 Å². The van der Waals surface area contributed by atoms with Crippen LogP contribution in [-0.4, -0.2) is 39.3 Å². The summed E-state index contributed by atoms with van der Waals surface area (Å²) in [6, 6.07) is 14.4. The first-order valence-corrected chi connectivity index (χ1v) is 9.98. The SMILES string of the molecule is COc1cc2c(cc1NC(=O)COC(=O)c1ccc(OC(F)F)c(OC)c1)oc1ccccc12. The Bertz CT molecular complexity index is 1370. The molecule has 0 spiro atoms. The van der Waals surface area contributed by atoms with Crippen LogP contribution in [0.3, 0.4) is 0 Å². The van der Waals surface area contributed by atoms with Crippen LogP contribution in [0.25, 0.3) is 21.9 Å². The monoisotopic (exact) mass is 471 g/mol. The fourth-order valence-electron chi connectivity index (χ4n) is 3.41. The molecule has 3 aromatic carbocycles. The number of alkyl halides is 2. The molecular formula is C24H19F2NO7. The summed E-state index contributed by atoms with van der Waals surface area (Å²) >= 11 is 0. The molecule has 0 saturated heterocycles. The average Bonchev–Trinajstić information content (AvgIpc) is 3.19. The molecule has 8 nitrogen and oxygen atoms in total. The summed E-state index contributed by atoms with van der Waals surface area (Å²) in [6.07, 6.45) is 0. The minimum Gasteiger partial charge on any atom is -0.495 e. The Hall–Kier alpha value is -4.34. The van der Waals surface area contributed by atoms with E-state index in [9.17, 15) is 18.4 Å². The van der Waals surface area contributed by atoms with Crippen LogP contribution in [0.4, 0.5) is 14.5 Å². The fourth-order valence-corrected chi connectivity index (χ4v) is 3.41. The molecule has 0 fully saturated rings. The number of fused-ring (bicyclic) bond motifs is 3. The average molecular weight is 471 g/mol. The van der Waals surface area contributed by atoms with Gasteiger partial charge in [0.2, 0.25) is 0 Å². The molecule has 0 unspecified atom stereocenters. The van der Waals surface area contributed by atoms with Crippen molar-refractivity contribution in [1.29, 1.82) is 0 Å². The highest BCUT2D eigenvalue weighted by Crippen LogP contribution is 2.36. The van der Waals surface area contributed by atoms with Gasteiger partial charge in [0, 0.05) is 16.8 Å². The molecule has 0 atom stereocenters. The van der Waals surface area contributed by atoms with Crippen molar-refractivity contribution < 1.29 is 41.7 Å². The molecule has 176 valence electrons. The maximum Gasteiger partial charge on any atom is 0.387 e. The number of anilines is 1. The molecule has 4 rings (SSSR count). The maximum atomic E-state index is 12.5. The second-order valence-electron chi connectivity index (χ2n) is 7.02. The van der Waals surface area contributed by atoms with Crippen molar-refractivity contribution >= 4 is 39.5 Å². The van der Waals surface area contributed by atoms with Gasteiger partial charge in [-0.25, -0.2) is 4.79 Å². The fraction of sp³-hybridized carbons (Fsp3) is 0.167. The van der Waals surface area contributed by atoms with Crippen LogP contribution in [0.15, 0.2) is 59.0 Å². The lowest BCUT2D eigenvalue weighted by atomic mass is 10.1. The number of benzene rings is 3. The van der Waals surface area contributed by atoms with Crippen LogP contribution in [-0.2, 0) is 9.53 Å². The Labute approximate surface area is 191 Å². The van der Waals surface area contributed by atoms with Gasteiger partial charge in [-0.05, 0) is 30.3 Å². The minimum atomic E-state index is -3.05. The van der Waals surface area contributed by atoms with Crippen LogP contribution >= 0.6 is 0 Å². The number of ether oxygens (including phenoxy) is 4. The van der Waals surface area contributed by atoms with Crippen molar-refractivity contribution in [3.05, 3.63) is 60.2 Å². The van der Waals surface area contributed by atoms with Crippen molar-refractivity contribution in [3.8, 4) is 17.2 Å². The van der Waals surface area contributed by atoms with E-state index < -0.39 is 25.1 Å². The molecule has 4 aromatic rings. The highest BCUT2D eigenvalue weighted by atomic mass is 19.3. The van der Waals surface area contributed by atoms with Crippen molar-refractivity contribution in [2.75, 3.05) is 26.1 Å². The molecule has 1 heterocycles. The summed E-state index contributed by atoms with van der Waals surface area (Å²) in [6.45, 7) is -3.65. The Morgan fingerprint density at radius 2 is 1.68 bits per heavy atom. The van der Waals surface area contributed by atoms with Gasteiger partial charge in [0.1, 0.15) is 16.9 Å². The number of rotatable bonds is 8. The molecule has 10 heteroatoms. The third-order valence-corrected chi connectivity index (χ3v) is 4.92. The Balaban J connectivity index is 1.45. The normalized spacial score (nSPS) is 11.0. The quantitative estimate of drug-likeness (QED) is 0.361. The summed E-state index contributed by atoms with van der Waals surface area (Å²) in [5.41, 5.74) is 1.57. The number of hydrogen-bond donors (Lipinski definition) is 1. The van der Waals surface area contributed by atoms with Gasteiger partial charge in [-0.2, -0.15) is 8.78 Å². The first-order chi connectivity index (χ1) is 16.4. The number of nitrogens with one attached hydrogen (secondary N) is 1. The number of hydrogen-bond acceptors (Lipinski definition) is 7. The summed E-state index contributed by atoms with van der Waals surface area (Å²) in [4.78, 5) is 24.7. The molecule has 1 amide bonds. The summed E-state index contributed by atoms with van der Waals surface area (Å²) in [5, 5.41) is 4.36. The topological polar surface area (TPSA) is 96.2 Å². The van der Waals surface area contributed by atoms with Gasteiger partial charge in [-0.15, -0.1) is 0 Å². The lowest BCUT2D eigenvalue weighted by Crippen LogP contribution is -2.21. The number of para-hydroxylation sites is 1. The highest BCUT2D eigenvalue weighted by Gasteiger charge is 2.18. The molecule has 0 saturated carbocycles. The Morgan fingerprint density at radius 3 is 2.41 bits per heavy atom. The molecule has 0 bridgehead atoms. The van der Waals surface area contributed by atoms with Gasteiger partial charge in [0.05, 0.1) is 25.5 Å². The predicted molar refractivity (Wildman–Crippen MR) is 119 cm³/mol. The second-order valence-corrected chi connectivity index (χ2v) is 7.02. The highest BCUT2D eigenvalue weighted by molar-refractivity contribution is 6.08. The van der Waals surface area contributed by atoms with E-state index >= 15 is 0 Å². The van der Waals surface area contributed by atoms with Crippen LogP contribution in [0.2, 0.25) is 0 Å². The van der Waals surface area contributed by atoms with Gasteiger partial charge in [0.15, 0.2) is 18.1 Å². The van der Waals surface area contributed by atoms with E-state index in [0.29, 0.717) is 22.6 Å². The zero-order valence-electron chi connectivity index (χ0n) is 18.1. The van der Waals surface area contributed by atoms with Crippen LogP contribution in [0.1, 0.15) is 10.4 Å². The van der Waals surface area contributed by atoms with Gasteiger partial charge in [-0.1, -0.05) is 18.2 Å². The molecular weight excluding hydrogens is 452 g/mol. The number of carbonyl (C=O) groups is 2. The number of halogens is 2. The first kappa shape index (κ1) is 22.8. The minimum absolute atomic E-state index is 0.00691. The van der Waals surface area contributed by atoms with Crippen LogP contribution < -0.4 is 19.5 Å². The standard InChI is InChI=1S/C24H19F2NO7/c1-30-20-10-15-14-5-3-4-6-17(14)33-19(15)11-16(20)27-22(28)12-32-23(29)13-7-8-18(34-24(25)26)21(9-13)31-2/h3-11,24H,12H2,1-2H3,(H,27,28). The summed E-state index contributed by atoms with van der Waals surface area (Å²) in [7, 11) is 2.70. The Morgan fingerprint density at radius 1 is 0.912 bits per heavy atom. The number of carbonyl (C=O) groups excluding carboxylic acids is 2. The number of methoxy groups -OCH3 is 2. The molecule has 34 heavy (non-hydrogen) atoms. The van der Waals surface area contributed by atoms with Crippen molar-refractivity contribution in [2.24, 2.45) is 0 Å². The van der Waals surface area contributed by atoms with Crippen molar-refractivity contribution in [1.82, 2.24) is 0 Å². The van der Waals surface area contributed by atoms with Gasteiger partial charge >= 0.3 is 12.6 Å². The number of amides is 1. The predicted octanol–water partition coefficient (Wildman–Crippen LogP) is 5.00. The maximum absolute atomic E-state index is 12.5. The van der Waals surface area contributed by atoms with Crippen LogP contribution in [0.5, 0.6) is 17.2 Å². The molecule has 1 aromatic heterocycles. The third kappa shape index (κ3) is 4.70. The van der Waals surface area contributed by atoms with Gasteiger partial charge < -0.3 is 28.7 Å². The van der Waals surface area contributed by atoms with E-state index in [1.165, 1.54) is 26.4 Å². The van der Waals surface area contributed by atoms with E-state index in [1.54, 1.807) is 12.1 Å². The number of esters is 1. The molecule has 0 aliphatic rings. The lowest BCUT2D eigenvalue weighted by molar-refractivity contribution is -0.119. The van der Waals surface area contributed by atoms with E-state index in [1.807, 2.05) is 24.3 Å². The Kier molecular flexibility index (Phi) is 6.48. The molecule has 0 radical (unpaired) electrons. The smallest absolute Gasteiger partial charge is 0.387 e. The largest absolute Gasteiger partial charge is 0.495 e. The first-order valence-electron chi connectivity index (χ1n) is 9.98. The number of furan rings is 1. The third-order valence-electron chi connectivity index (χ3n) is 4.92.